The monoisotopic (exact) mass is 422 g/mol. The van der Waals surface area contributed by atoms with Gasteiger partial charge in [-0.15, -0.1) is 0 Å². The predicted octanol–water partition coefficient (Wildman–Crippen LogP) is 2.23. The zero-order chi connectivity index (χ0) is 21.2. The highest BCUT2D eigenvalue weighted by molar-refractivity contribution is 5.96. The number of rotatable bonds is 5. The first kappa shape index (κ1) is 19.8. The van der Waals surface area contributed by atoms with Gasteiger partial charge in [-0.3, -0.25) is 9.69 Å². The van der Waals surface area contributed by atoms with Gasteiger partial charge in [0.25, 0.3) is 5.91 Å². The lowest BCUT2D eigenvalue weighted by Gasteiger charge is -2.26. The fourth-order valence-corrected chi connectivity index (χ4v) is 4.01. The second kappa shape index (κ2) is 8.56. The number of carbonyl (C=O) groups excluding carboxylic acids is 1. The van der Waals surface area contributed by atoms with E-state index in [1.807, 2.05) is 43.4 Å². The molecule has 5 rings (SSSR count). The Balaban J connectivity index is 1.26. The second-order valence-corrected chi connectivity index (χ2v) is 7.85. The number of imidazole rings is 1. The van der Waals surface area contributed by atoms with Crippen LogP contribution in [-0.2, 0) is 23.0 Å². The van der Waals surface area contributed by atoms with E-state index < -0.39 is 6.10 Å². The van der Waals surface area contributed by atoms with Crippen LogP contribution < -0.4 is 14.8 Å². The van der Waals surface area contributed by atoms with Gasteiger partial charge in [-0.1, -0.05) is 12.1 Å². The number of nitrogens with zero attached hydrogens (tertiary/aromatic N) is 3. The minimum atomic E-state index is -0.696. The molecule has 162 valence electrons. The number of aromatic nitrogens is 2. The SMILES string of the molecule is Cn1c(CCN2CCOCC2)nc2cc(NC(=O)C3COc4ccccc4O3)ccc21. The van der Waals surface area contributed by atoms with Gasteiger partial charge in [0.15, 0.2) is 11.5 Å². The number of hydrogen-bond acceptors (Lipinski definition) is 6. The van der Waals surface area contributed by atoms with Crippen molar-refractivity contribution in [2.75, 3.05) is 44.8 Å². The molecule has 0 spiro atoms. The lowest BCUT2D eigenvalue weighted by atomic mass is 10.2. The van der Waals surface area contributed by atoms with Crippen molar-refractivity contribution in [2.45, 2.75) is 12.5 Å². The summed E-state index contributed by atoms with van der Waals surface area (Å²) in [5.41, 5.74) is 2.60. The fourth-order valence-electron chi connectivity index (χ4n) is 4.01. The number of morpholine rings is 1. The van der Waals surface area contributed by atoms with E-state index in [2.05, 4.69) is 14.8 Å². The molecular weight excluding hydrogens is 396 g/mol. The van der Waals surface area contributed by atoms with Crippen molar-refractivity contribution < 1.29 is 19.0 Å². The summed E-state index contributed by atoms with van der Waals surface area (Å²) in [6.07, 6.45) is 0.179. The number of hydrogen-bond donors (Lipinski definition) is 1. The van der Waals surface area contributed by atoms with Gasteiger partial charge in [-0.25, -0.2) is 4.98 Å². The van der Waals surface area contributed by atoms with Crippen molar-refractivity contribution in [3.05, 3.63) is 48.3 Å². The van der Waals surface area contributed by atoms with Crippen LogP contribution in [0.15, 0.2) is 42.5 Å². The predicted molar refractivity (Wildman–Crippen MR) is 117 cm³/mol. The summed E-state index contributed by atoms with van der Waals surface area (Å²) in [5.74, 6) is 2.04. The molecule has 0 aliphatic carbocycles. The molecule has 2 aliphatic heterocycles. The zero-order valence-electron chi connectivity index (χ0n) is 17.5. The lowest BCUT2D eigenvalue weighted by Crippen LogP contribution is -2.40. The molecule has 3 aromatic rings. The number of fused-ring (bicyclic) bond motifs is 2. The number of anilines is 1. The van der Waals surface area contributed by atoms with E-state index in [0.29, 0.717) is 17.2 Å². The largest absolute Gasteiger partial charge is 0.485 e. The summed E-state index contributed by atoms with van der Waals surface area (Å²) in [4.78, 5) is 19.9. The first-order valence-corrected chi connectivity index (χ1v) is 10.6. The van der Waals surface area contributed by atoms with Crippen LogP contribution in [0.5, 0.6) is 11.5 Å². The Kier molecular flexibility index (Phi) is 5.48. The molecule has 1 amide bonds. The van der Waals surface area contributed by atoms with Gasteiger partial charge in [0, 0.05) is 38.8 Å². The first-order chi connectivity index (χ1) is 15.2. The first-order valence-electron chi connectivity index (χ1n) is 10.6. The fraction of sp³-hybridized carbons (Fsp3) is 0.391. The van der Waals surface area contributed by atoms with Crippen molar-refractivity contribution in [3.63, 3.8) is 0 Å². The van der Waals surface area contributed by atoms with Crippen molar-refractivity contribution in [1.29, 1.82) is 0 Å². The molecule has 1 unspecified atom stereocenters. The van der Waals surface area contributed by atoms with Crippen LogP contribution in [0, 0.1) is 0 Å². The summed E-state index contributed by atoms with van der Waals surface area (Å²) < 4.78 is 19.0. The molecule has 0 saturated carbocycles. The Labute approximate surface area is 180 Å². The number of aryl methyl sites for hydroxylation is 1. The average Bonchev–Trinajstić information content (AvgIpc) is 3.12. The third kappa shape index (κ3) is 4.22. The van der Waals surface area contributed by atoms with Crippen molar-refractivity contribution in [1.82, 2.24) is 14.5 Å². The molecule has 1 fully saturated rings. The molecule has 31 heavy (non-hydrogen) atoms. The van der Waals surface area contributed by atoms with Crippen LogP contribution in [0.1, 0.15) is 5.82 Å². The van der Waals surface area contributed by atoms with E-state index in [4.69, 9.17) is 19.2 Å². The molecule has 2 aliphatic rings. The van der Waals surface area contributed by atoms with E-state index in [0.717, 1.165) is 56.1 Å². The van der Waals surface area contributed by atoms with Crippen LogP contribution in [0.25, 0.3) is 11.0 Å². The Hall–Kier alpha value is -3.10. The average molecular weight is 422 g/mol. The highest BCUT2D eigenvalue weighted by Crippen LogP contribution is 2.31. The van der Waals surface area contributed by atoms with Gasteiger partial charge in [-0.05, 0) is 30.3 Å². The highest BCUT2D eigenvalue weighted by atomic mass is 16.6. The number of para-hydroxylation sites is 2. The third-order valence-corrected chi connectivity index (χ3v) is 5.80. The molecule has 1 saturated heterocycles. The third-order valence-electron chi connectivity index (χ3n) is 5.80. The molecule has 1 N–H and O–H groups in total. The maximum absolute atomic E-state index is 12.7. The van der Waals surface area contributed by atoms with E-state index >= 15 is 0 Å². The van der Waals surface area contributed by atoms with Crippen molar-refractivity contribution >= 4 is 22.6 Å². The maximum Gasteiger partial charge on any atom is 0.269 e. The smallest absolute Gasteiger partial charge is 0.269 e. The number of amides is 1. The number of nitrogens with one attached hydrogen (secondary N) is 1. The molecule has 3 heterocycles. The van der Waals surface area contributed by atoms with Crippen molar-refractivity contribution in [3.8, 4) is 11.5 Å². The van der Waals surface area contributed by atoms with E-state index in [9.17, 15) is 4.79 Å². The molecule has 8 nitrogen and oxygen atoms in total. The maximum atomic E-state index is 12.7. The molecule has 1 atom stereocenters. The standard InChI is InChI=1S/C23H26N4O4/c1-26-18-7-6-16(14-17(18)25-22(26)8-9-27-10-12-29-13-11-27)24-23(28)21-15-30-19-4-2-3-5-20(19)31-21/h2-7,14,21H,8-13,15H2,1H3,(H,24,28). The molecule has 0 bridgehead atoms. The highest BCUT2D eigenvalue weighted by Gasteiger charge is 2.27. The van der Waals surface area contributed by atoms with Crippen molar-refractivity contribution in [2.24, 2.45) is 7.05 Å². The number of benzene rings is 2. The second-order valence-electron chi connectivity index (χ2n) is 7.85. The Bertz CT molecular complexity index is 1090. The van der Waals surface area contributed by atoms with E-state index in [1.54, 1.807) is 6.07 Å². The lowest BCUT2D eigenvalue weighted by molar-refractivity contribution is -0.125. The molecule has 1 aromatic heterocycles. The molecule has 2 aromatic carbocycles. The van der Waals surface area contributed by atoms with Crippen LogP contribution >= 0.6 is 0 Å². The van der Waals surface area contributed by atoms with Gasteiger partial charge in [0.1, 0.15) is 12.4 Å². The normalized spacial score (nSPS) is 18.8. The Morgan fingerprint density at radius 1 is 1.16 bits per heavy atom. The molecule has 0 radical (unpaired) electrons. The van der Waals surface area contributed by atoms with Crippen LogP contribution in [0.4, 0.5) is 5.69 Å². The summed E-state index contributed by atoms with van der Waals surface area (Å²) in [6.45, 7) is 4.68. The van der Waals surface area contributed by atoms with Gasteiger partial charge in [0.2, 0.25) is 6.10 Å². The van der Waals surface area contributed by atoms with E-state index in [1.165, 1.54) is 0 Å². The summed E-state index contributed by atoms with van der Waals surface area (Å²) in [7, 11) is 2.03. The van der Waals surface area contributed by atoms with Gasteiger partial charge < -0.3 is 24.1 Å². The quantitative estimate of drug-likeness (QED) is 0.680. The van der Waals surface area contributed by atoms with Crippen LogP contribution in [0.2, 0.25) is 0 Å². The van der Waals surface area contributed by atoms with Crippen LogP contribution in [-0.4, -0.2) is 65.9 Å². The number of ether oxygens (including phenoxy) is 3. The van der Waals surface area contributed by atoms with E-state index in [-0.39, 0.29) is 12.5 Å². The zero-order valence-corrected chi connectivity index (χ0v) is 17.5. The van der Waals surface area contributed by atoms with Crippen LogP contribution in [0.3, 0.4) is 0 Å². The Morgan fingerprint density at radius 2 is 1.97 bits per heavy atom. The minimum Gasteiger partial charge on any atom is -0.485 e. The minimum absolute atomic E-state index is 0.181. The van der Waals surface area contributed by atoms with Gasteiger partial charge in [0.05, 0.1) is 24.2 Å². The molecular formula is C23H26N4O4. The summed E-state index contributed by atoms with van der Waals surface area (Å²) >= 11 is 0. The van der Waals surface area contributed by atoms with Gasteiger partial charge in [-0.2, -0.15) is 0 Å². The Morgan fingerprint density at radius 3 is 2.81 bits per heavy atom. The topological polar surface area (TPSA) is 77.9 Å². The number of carbonyl (C=O) groups is 1. The summed E-state index contributed by atoms with van der Waals surface area (Å²) in [5, 5.41) is 2.93. The summed E-state index contributed by atoms with van der Waals surface area (Å²) in [6, 6.07) is 13.1. The molecule has 8 heteroatoms. The van der Waals surface area contributed by atoms with Gasteiger partial charge >= 0.3 is 0 Å².